The summed E-state index contributed by atoms with van der Waals surface area (Å²) in [5.41, 5.74) is 0.563. The Balaban J connectivity index is 2.20. The lowest BCUT2D eigenvalue weighted by Crippen LogP contribution is -2.44. The number of hydrogen-bond donors (Lipinski definition) is 1. The van der Waals surface area contributed by atoms with Gasteiger partial charge in [0.25, 0.3) is 5.91 Å². The predicted octanol–water partition coefficient (Wildman–Crippen LogP) is 1.96. The molecule has 1 saturated heterocycles. The maximum absolute atomic E-state index is 12.8. The molecule has 0 aliphatic carbocycles. The normalized spacial score (nSPS) is 19.5. The number of carbonyl (C=O) groups excluding carboxylic acids is 3. The van der Waals surface area contributed by atoms with E-state index in [-0.39, 0.29) is 12.5 Å². The fourth-order valence-corrected chi connectivity index (χ4v) is 2.75. The molecule has 1 N–H and O–H groups in total. The molecule has 1 aromatic carbocycles. The lowest BCUT2D eigenvalue weighted by atomic mass is 9.91. The fourth-order valence-electron chi connectivity index (χ4n) is 2.75. The van der Waals surface area contributed by atoms with Crippen molar-refractivity contribution in [3.63, 3.8) is 0 Å². The van der Waals surface area contributed by atoms with Crippen LogP contribution in [0.5, 0.6) is 0 Å². The number of hydrogen-bond acceptors (Lipinski definition) is 3. The maximum Gasteiger partial charge on any atom is 0.325 e. The van der Waals surface area contributed by atoms with Crippen LogP contribution in [0, 0.1) is 6.92 Å². The van der Waals surface area contributed by atoms with Crippen LogP contribution >= 0.6 is 0 Å². The number of nitrogens with one attached hydrogen (secondary N) is 1. The molecule has 1 atom stereocenters. The summed E-state index contributed by atoms with van der Waals surface area (Å²) in [6.07, 6.45) is 3.17. The minimum absolute atomic E-state index is 0.312. The number of urea groups is 1. The molecule has 2 rings (SSSR count). The highest BCUT2D eigenvalue weighted by Crippen LogP contribution is 2.28. The number of aryl methyl sites for hydroxylation is 1. The van der Waals surface area contributed by atoms with Gasteiger partial charge in [-0.25, -0.2) is 4.79 Å². The number of imide groups is 1. The van der Waals surface area contributed by atoms with Gasteiger partial charge in [-0.2, -0.15) is 0 Å². The van der Waals surface area contributed by atoms with Gasteiger partial charge in [0.1, 0.15) is 12.1 Å². The number of amides is 4. The van der Waals surface area contributed by atoms with Gasteiger partial charge in [-0.15, -0.1) is 13.2 Å². The second-order valence-corrected chi connectivity index (χ2v) is 6.19. The van der Waals surface area contributed by atoms with Gasteiger partial charge in [-0.3, -0.25) is 14.5 Å². The summed E-state index contributed by atoms with van der Waals surface area (Å²) >= 11 is 0. The van der Waals surface area contributed by atoms with Crippen LogP contribution in [0.1, 0.15) is 18.1 Å². The molecule has 0 bridgehead atoms. The zero-order valence-electron chi connectivity index (χ0n) is 14.6. The Morgan fingerprint density at radius 1 is 1.20 bits per heavy atom. The summed E-state index contributed by atoms with van der Waals surface area (Å²) in [6, 6.07) is 6.80. The molecule has 1 fully saturated rings. The molecule has 132 valence electrons. The van der Waals surface area contributed by atoms with Crippen LogP contribution in [-0.4, -0.2) is 47.3 Å². The van der Waals surface area contributed by atoms with Crippen LogP contribution in [0.4, 0.5) is 4.79 Å². The van der Waals surface area contributed by atoms with Gasteiger partial charge in [0.05, 0.1) is 0 Å². The first-order chi connectivity index (χ1) is 11.8. The number of benzene rings is 1. The van der Waals surface area contributed by atoms with E-state index in [1.807, 2.05) is 19.1 Å². The smallest absolute Gasteiger partial charge is 0.325 e. The Morgan fingerprint density at radius 3 is 2.28 bits per heavy atom. The summed E-state index contributed by atoms with van der Waals surface area (Å²) in [4.78, 5) is 40.0. The topological polar surface area (TPSA) is 69.7 Å². The van der Waals surface area contributed by atoms with Gasteiger partial charge in [0.2, 0.25) is 5.91 Å². The van der Waals surface area contributed by atoms with E-state index >= 15 is 0 Å². The molecule has 1 aliphatic rings. The largest absolute Gasteiger partial charge is 0.334 e. The number of rotatable bonds is 7. The molecule has 0 aromatic heterocycles. The van der Waals surface area contributed by atoms with E-state index < -0.39 is 17.5 Å². The fraction of sp³-hybridized carbons (Fsp3) is 0.316. The quantitative estimate of drug-likeness (QED) is 0.609. The maximum atomic E-state index is 12.8. The molecular weight excluding hydrogens is 318 g/mol. The van der Waals surface area contributed by atoms with E-state index in [0.717, 1.165) is 10.5 Å². The third-order valence-electron chi connectivity index (χ3n) is 4.25. The number of carbonyl (C=O) groups is 3. The van der Waals surface area contributed by atoms with E-state index in [2.05, 4.69) is 18.5 Å². The minimum Gasteiger partial charge on any atom is -0.334 e. The molecule has 0 radical (unpaired) electrons. The predicted molar refractivity (Wildman–Crippen MR) is 95.7 cm³/mol. The van der Waals surface area contributed by atoms with Crippen LogP contribution < -0.4 is 5.32 Å². The second-order valence-electron chi connectivity index (χ2n) is 6.19. The van der Waals surface area contributed by atoms with Crippen LogP contribution in [-0.2, 0) is 15.1 Å². The molecule has 1 aliphatic heterocycles. The molecule has 6 nitrogen and oxygen atoms in total. The van der Waals surface area contributed by atoms with Crippen molar-refractivity contribution in [2.24, 2.45) is 0 Å². The van der Waals surface area contributed by atoms with Crippen LogP contribution in [0.2, 0.25) is 0 Å². The SMILES string of the molecule is C=CCN(CC=C)C(=O)CN1C(=O)NC(C)(c2ccc(C)cc2)C1=O. The van der Waals surface area contributed by atoms with E-state index in [0.29, 0.717) is 18.7 Å². The Bertz CT molecular complexity index is 701. The molecule has 25 heavy (non-hydrogen) atoms. The van der Waals surface area contributed by atoms with Gasteiger partial charge in [-0.05, 0) is 19.4 Å². The average molecular weight is 341 g/mol. The van der Waals surface area contributed by atoms with E-state index in [9.17, 15) is 14.4 Å². The second kappa shape index (κ2) is 7.34. The van der Waals surface area contributed by atoms with E-state index in [1.54, 1.807) is 31.2 Å². The summed E-state index contributed by atoms with van der Waals surface area (Å²) in [5, 5.41) is 2.70. The average Bonchev–Trinajstić information content (AvgIpc) is 2.79. The zero-order valence-corrected chi connectivity index (χ0v) is 14.6. The minimum atomic E-state index is -1.17. The molecule has 6 heteroatoms. The summed E-state index contributed by atoms with van der Waals surface area (Å²) < 4.78 is 0. The van der Waals surface area contributed by atoms with Crippen molar-refractivity contribution >= 4 is 17.8 Å². The third kappa shape index (κ3) is 3.63. The molecule has 1 unspecified atom stereocenters. The molecule has 0 saturated carbocycles. The monoisotopic (exact) mass is 341 g/mol. The highest BCUT2D eigenvalue weighted by molar-refractivity contribution is 6.09. The van der Waals surface area contributed by atoms with Crippen molar-refractivity contribution in [1.29, 1.82) is 0 Å². The zero-order chi connectivity index (χ0) is 18.6. The van der Waals surface area contributed by atoms with Crippen molar-refractivity contribution in [2.75, 3.05) is 19.6 Å². The van der Waals surface area contributed by atoms with Crippen molar-refractivity contribution in [3.05, 3.63) is 60.7 Å². The molecule has 0 spiro atoms. The third-order valence-corrected chi connectivity index (χ3v) is 4.25. The molecule has 1 aromatic rings. The Morgan fingerprint density at radius 2 is 1.76 bits per heavy atom. The van der Waals surface area contributed by atoms with Crippen LogP contribution in [0.3, 0.4) is 0 Å². The van der Waals surface area contributed by atoms with Gasteiger partial charge >= 0.3 is 6.03 Å². The molecule has 1 heterocycles. The summed E-state index contributed by atoms with van der Waals surface area (Å²) in [6.45, 7) is 11.1. The first-order valence-corrected chi connectivity index (χ1v) is 8.04. The van der Waals surface area contributed by atoms with Gasteiger partial charge in [-0.1, -0.05) is 42.0 Å². The highest BCUT2D eigenvalue weighted by atomic mass is 16.2. The number of nitrogens with zero attached hydrogens (tertiary/aromatic N) is 2. The van der Waals surface area contributed by atoms with E-state index in [4.69, 9.17) is 0 Å². The van der Waals surface area contributed by atoms with Crippen molar-refractivity contribution in [1.82, 2.24) is 15.1 Å². The van der Waals surface area contributed by atoms with Crippen molar-refractivity contribution < 1.29 is 14.4 Å². The van der Waals surface area contributed by atoms with Gasteiger partial charge in [0, 0.05) is 13.1 Å². The van der Waals surface area contributed by atoms with Crippen LogP contribution in [0.25, 0.3) is 0 Å². The highest BCUT2D eigenvalue weighted by Gasteiger charge is 2.49. The summed E-state index contributed by atoms with van der Waals surface area (Å²) in [5.74, 6) is -0.775. The lowest BCUT2D eigenvalue weighted by molar-refractivity contribution is -0.138. The van der Waals surface area contributed by atoms with Gasteiger partial charge in [0.15, 0.2) is 0 Å². The standard InChI is InChI=1S/C19H23N3O3/c1-5-11-21(12-6-2)16(23)13-22-17(24)19(4,20-18(22)25)15-9-7-14(3)8-10-15/h5-10H,1-2,11-13H2,3-4H3,(H,20,25). The molecular formula is C19H23N3O3. The Labute approximate surface area is 147 Å². The van der Waals surface area contributed by atoms with Crippen LogP contribution in [0.15, 0.2) is 49.6 Å². The molecule has 4 amide bonds. The van der Waals surface area contributed by atoms with Crippen molar-refractivity contribution in [3.8, 4) is 0 Å². The Kier molecular flexibility index (Phi) is 5.41. The lowest BCUT2D eigenvalue weighted by Gasteiger charge is -2.24. The first-order valence-electron chi connectivity index (χ1n) is 8.04. The summed E-state index contributed by atoms with van der Waals surface area (Å²) in [7, 11) is 0. The first kappa shape index (κ1) is 18.4. The van der Waals surface area contributed by atoms with E-state index in [1.165, 1.54) is 4.90 Å². The van der Waals surface area contributed by atoms with Gasteiger partial charge < -0.3 is 10.2 Å². The Hall–Kier alpha value is -2.89. The van der Waals surface area contributed by atoms with Crippen molar-refractivity contribution in [2.45, 2.75) is 19.4 Å².